The molecule has 0 saturated heterocycles. The number of carbonyl (C=O) groups excluding carboxylic acids is 3. The third-order valence-electron chi connectivity index (χ3n) is 5.31. The van der Waals surface area contributed by atoms with Crippen LogP contribution < -0.4 is 4.74 Å². The van der Waals surface area contributed by atoms with Gasteiger partial charge in [0.1, 0.15) is 19.0 Å². The van der Waals surface area contributed by atoms with E-state index in [4.69, 9.17) is 14.2 Å². The Kier molecular flexibility index (Phi) is 7.98. The minimum Gasteiger partial charge on any atom is -0.462 e. The van der Waals surface area contributed by atoms with Crippen LogP contribution in [0.15, 0.2) is 67.3 Å². The molecular weight excluding hydrogens is 396 g/mol. The molecule has 0 atom stereocenters. The molecule has 0 aromatic heterocycles. The highest BCUT2D eigenvalue weighted by Gasteiger charge is 2.31. The Bertz CT molecular complexity index is 895. The molecule has 0 N–H and O–H groups in total. The molecule has 0 bridgehead atoms. The van der Waals surface area contributed by atoms with Crippen molar-refractivity contribution >= 4 is 17.9 Å². The molecule has 162 valence electrons. The van der Waals surface area contributed by atoms with E-state index in [-0.39, 0.29) is 37.0 Å². The van der Waals surface area contributed by atoms with Gasteiger partial charge in [-0.3, -0.25) is 9.59 Å². The largest absolute Gasteiger partial charge is 0.462 e. The number of benzene rings is 2. The van der Waals surface area contributed by atoms with Crippen molar-refractivity contribution in [2.75, 3.05) is 13.2 Å². The number of esters is 3. The quantitative estimate of drug-likeness (QED) is 0.273. The topological polar surface area (TPSA) is 78.9 Å². The van der Waals surface area contributed by atoms with Gasteiger partial charge in [0.05, 0.1) is 11.8 Å². The number of rotatable bonds is 8. The lowest BCUT2D eigenvalue weighted by Crippen LogP contribution is -2.30. The summed E-state index contributed by atoms with van der Waals surface area (Å²) < 4.78 is 15.5. The average molecular weight is 422 g/mol. The zero-order chi connectivity index (χ0) is 22.1. The standard InChI is InChI=1S/C25H26O6/c1-2-23(26)29-16-17-30-24(27)20-8-10-21(11-9-20)25(28)31-22-14-12-19(13-15-22)18-6-4-3-5-7-18/h2-7,12-15,20-21H,1,8-11,16-17H2. The molecule has 1 fully saturated rings. The Balaban J connectivity index is 1.41. The second-order valence-electron chi connectivity index (χ2n) is 7.40. The van der Waals surface area contributed by atoms with Gasteiger partial charge in [-0.2, -0.15) is 0 Å². The van der Waals surface area contributed by atoms with Crippen LogP contribution in [0.3, 0.4) is 0 Å². The summed E-state index contributed by atoms with van der Waals surface area (Å²) in [5, 5.41) is 0. The van der Waals surface area contributed by atoms with Crippen molar-refractivity contribution in [2.24, 2.45) is 11.8 Å². The lowest BCUT2D eigenvalue weighted by atomic mass is 9.82. The minimum atomic E-state index is -0.551. The van der Waals surface area contributed by atoms with E-state index in [1.807, 2.05) is 42.5 Å². The first-order chi connectivity index (χ1) is 15.1. The van der Waals surface area contributed by atoms with Crippen molar-refractivity contribution in [2.45, 2.75) is 25.7 Å². The SMILES string of the molecule is C=CC(=O)OCCOC(=O)C1CCC(C(=O)Oc2ccc(-c3ccccc3)cc2)CC1. The fourth-order valence-electron chi connectivity index (χ4n) is 3.57. The summed E-state index contributed by atoms with van der Waals surface area (Å²) in [6, 6.07) is 17.4. The van der Waals surface area contributed by atoms with E-state index in [1.54, 1.807) is 12.1 Å². The molecule has 3 rings (SSSR count). The number of ether oxygens (including phenoxy) is 3. The van der Waals surface area contributed by atoms with Crippen LogP contribution >= 0.6 is 0 Å². The van der Waals surface area contributed by atoms with Crippen LogP contribution in [0.2, 0.25) is 0 Å². The molecule has 0 heterocycles. The van der Waals surface area contributed by atoms with Crippen LogP contribution in [-0.4, -0.2) is 31.1 Å². The third-order valence-corrected chi connectivity index (χ3v) is 5.31. The predicted molar refractivity (Wildman–Crippen MR) is 115 cm³/mol. The molecule has 0 unspecified atom stereocenters. The van der Waals surface area contributed by atoms with Gasteiger partial charge in [0, 0.05) is 6.08 Å². The summed E-state index contributed by atoms with van der Waals surface area (Å²) in [6.45, 7) is 3.31. The van der Waals surface area contributed by atoms with E-state index in [1.165, 1.54) is 0 Å². The molecule has 31 heavy (non-hydrogen) atoms. The Labute approximate surface area is 181 Å². The van der Waals surface area contributed by atoms with Crippen molar-refractivity contribution in [3.63, 3.8) is 0 Å². The minimum absolute atomic E-state index is 0.00132. The fraction of sp³-hybridized carbons (Fsp3) is 0.320. The lowest BCUT2D eigenvalue weighted by Gasteiger charge is -2.25. The Morgan fingerprint density at radius 3 is 1.94 bits per heavy atom. The maximum absolute atomic E-state index is 12.5. The Morgan fingerprint density at radius 2 is 1.32 bits per heavy atom. The van der Waals surface area contributed by atoms with E-state index in [9.17, 15) is 14.4 Å². The normalized spacial score (nSPS) is 17.9. The fourth-order valence-corrected chi connectivity index (χ4v) is 3.57. The molecule has 2 aromatic carbocycles. The second kappa shape index (κ2) is 11.1. The first-order valence-corrected chi connectivity index (χ1v) is 10.4. The number of hydrogen-bond donors (Lipinski definition) is 0. The van der Waals surface area contributed by atoms with Crippen LogP contribution in [0.25, 0.3) is 11.1 Å². The van der Waals surface area contributed by atoms with Gasteiger partial charge in [-0.1, -0.05) is 49.0 Å². The Morgan fingerprint density at radius 1 is 0.774 bits per heavy atom. The summed E-state index contributed by atoms with van der Waals surface area (Å²) in [5.74, 6) is -1.10. The van der Waals surface area contributed by atoms with Crippen LogP contribution in [-0.2, 0) is 23.9 Å². The van der Waals surface area contributed by atoms with Gasteiger partial charge in [-0.05, 0) is 48.9 Å². The summed E-state index contributed by atoms with van der Waals surface area (Å²) in [4.78, 5) is 35.6. The molecule has 0 spiro atoms. The van der Waals surface area contributed by atoms with Crippen molar-refractivity contribution in [1.29, 1.82) is 0 Å². The highest BCUT2D eigenvalue weighted by molar-refractivity contribution is 5.81. The van der Waals surface area contributed by atoms with Crippen molar-refractivity contribution < 1.29 is 28.6 Å². The van der Waals surface area contributed by atoms with Gasteiger partial charge in [0.2, 0.25) is 0 Å². The van der Waals surface area contributed by atoms with E-state index >= 15 is 0 Å². The molecule has 0 aliphatic heterocycles. The van der Waals surface area contributed by atoms with Crippen LogP contribution in [0.5, 0.6) is 5.75 Å². The smallest absolute Gasteiger partial charge is 0.330 e. The molecule has 1 saturated carbocycles. The van der Waals surface area contributed by atoms with Gasteiger partial charge in [0.15, 0.2) is 0 Å². The summed E-state index contributed by atoms with van der Waals surface area (Å²) in [7, 11) is 0. The van der Waals surface area contributed by atoms with E-state index in [0.717, 1.165) is 17.2 Å². The predicted octanol–water partition coefficient (Wildman–Crippen LogP) is 4.34. The first-order valence-electron chi connectivity index (χ1n) is 10.4. The van der Waals surface area contributed by atoms with Crippen molar-refractivity contribution in [1.82, 2.24) is 0 Å². The molecule has 0 radical (unpaired) electrons. The molecule has 1 aliphatic rings. The maximum Gasteiger partial charge on any atom is 0.330 e. The zero-order valence-electron chi connectivity index (χ0n) is 17.3. The Hall–Kier alpha value is -3.41. The van der Waals surface area contributed by atoms with Crippen molar-refractivity contribution in [3.8, 4) is 16.9 Å². The highest BCUT2D eigenvalue weighted by atomic mass is 16.6. The third kappa shape index (κ3) is 6.54. The monoisotopic (exact) mass is 422 g/mol. The second-order valence-corrected chi connectivity index (χ2v) is 7.40. The first kappa shape index (κ1) is 22.3. The number of hydrogen-bond acceptors (Lipinski definition) is 6. The highest BCUT2D eigenvalue weighted by Crippen LogP contribution is 2.31. The summed E-state index contributed by atoms with van der Waals surface area (Å²) >= 11 is 0. The van der Waals surface area contributed by atoms with Gasteiger partial charge >= 0.3 is 17.9 Å². The number of carbonyl (C=O) groups is 3. The molecular formula is C25H26O6. The van der Waals surface area contributed by atoms with Crippen LogP contribution in [0.4, 0.5) is 0 Å². The average Bonchev–Trinajstić information content (AvgIpc) is 2.82. The van der Waals surface area contributed by atoms with Crippen molar-refractivity contribution in [3.05, 3.63) is 67.3 Å². The molecule has 6 nitrogen and oxygen atoms in total. The maximum atomic E-state index is 12.5. The van der Waals surface area contributed by atoms with Gasteiger partial charge < -0.3 is 14.2 Å². The van der Waals surface area contributed by atoms with E-state index < -0.39 is 5.97 Å². The molecule has 1 aliphatic carbocycles. The summed E-state index contributed by atoms with van der Waals surface area (Å²) in [6.07, 6.45) is 3.34. The van der Waals surface area contributed by atoms with Gasteiger partial charge in [-0.25, -0.2) is 4.79 Å². The van der Waals surface area contributed by atoms with Crippen LogP contribution in [0.1, 0.15) is 25.7 Å². The zero-order valence-corrected chi connectivity index (χ0v) is 17.3. The lowest BCUT2D eigenvalue weighted by molar-refractivity contribution is -0.155. The van der Waals surface area contributed by atoms with E-state index in [0.29, 0.717) is 31.4 Å². The van der Waals surface area contributed by atoms with Gasteiger partial charge in [-0.15, -0.1) is 0 Å². The molecule has 2 aromatic rings. The van der Waals surface area contributed by atoms with Gasteiger partial charge in [0.25, 0.3) is 0 Å². The molecule has 0 amide bonds. The van der Waals surface area contributed by atoms with Crippen LogP contribution in [0, 0.1) is 11.8 Å². The summed E-state index contributed by atoms with van der Waals surface area (Å²) in [5.41, 5.74) is 2.16. The van der Waals surface area contributed by atoms with E-state index in [2.05, 4.69) is 6.58 Å². The molecule has 6 heteroatoms.